The first kappa shape index (κ1) is 26.0. The molecule has 0 unspecified atom stereocenters. The number of benzene rings is 2. The van der Waals surface area contributed by atoms with E-state index < -0.39 is 6.03 Å². The van der Waals surface area contributed by atoms with E-state index in [1.165, 1.54) is 6.92 Å². The number of fused-ring (bicyclic) bond motifs is 1. The predicted octanol–water partition coefficient (Wildman–Crippen LogP) is 3.68. The summed E-state index contributed by atoms with van der Waals surface area (Å²) in [5.41, 5.74) is 1.50. The zero-order valence-corrected chi connectivity index (χ0v) is 20.9. The fourth-order valence-electron chi connectivity index (χ4n) is 4.10. The molecule has 3 rings (SSSR count). The second kappa shape index (κ2) is 11.7. The van der Waals surface area contributed by atoms with Crippen molar-refractivity contribution in [1.29, 1.82) is 0 Å². The van der Waals surface area contributed by atoms with Crippen LogP contribution >= 0.6 is 0 Å². The number of hydrogen-bond acceptors (Lipinski definition) is 5. The monoisotopic (exact) mass is 482 g/mol. The average Bonchev–Trinajstić information content (AvgIpc) is 2.83. The first-order chi connectivity index (χ1) is 16.7. The Morgan fingerprint density at radius 3 is 2.37 bits per heavy atom. The highest BCUT2D eigenvalue weighted by Crippen LogP contribution is 2.27. The Labute approximate surface area is 206 Å². The van der Waals surface area contributed by atoms with Gasteiger partial charge >= 0.3 is 6.03 Å². The van der Waals surface area contributed by atoms with Crippen molar-refractivity contribution in [3.63, 3.8) is 0 Å². The quantitative estimate of drug-likeness (QED) is 0.695. The Kier molecular flexibility index (Phi) is 8.70. The standard InChI is InChI=1S/C26H34N4O5/c1-17-14-30(19(3)31)18(2)16-35-23-13-21(28-26(33)27-20-9-7-6-8-10-20)11-12-22(23)25(32)29(4)15-24(17)34-5/h6-13,17-18,24H,14-16H2,1-5H3,(H2,27,28,33)/t17-,18-,24-/m0/s1. The van der Waals surface area contributed by atoms with E-state index in [1.807, 2.05) is 32.0 Å². The normalized spacial score (nSPS) is 21.2. The molecular weight excluding hydrogens is 448 g/mol. The molecule has 4 amide bonds. The third-order valence-corrected chi connectivity index (χ3v) is 6.14. The highest BCUT2D eigenvalue weighted by atomic mass is 16.5. The van der Waals surface area contributed by atoms with Gasteiger partial charge < -0.3 is 29.9 Å². The molecule has 0 aromatic heterocycles. The summed E-state index contributed by atoms with van der Waals surface area (Å²) in [6.07, 6.45) is -0.246. The molecule has 3 atom stereocenters. The number of amides is 4. The zero-order valence-electron chi connectivity index (χ0n) is 20.9. The molecular formula is C26H34N4O5. The summed E-state index contributed by atoms with van der Waals surface area (Å²) in [7, 11) is 3.32. The number of ether oxygens (including phenoxy) is 2. The Bertz CT molecular complexity index is 1050. The minimum absolute atomic E-state index is 0.00944. The number of rotatable bonds is 3. The molecule has 0 spiro atoms. The number of carbonyl (C=O) groups excluding carboxylic acids is 3. The van der Waals surface area contributed by atoms with E-state index in [1.54, 1.807) is 54.3 Å². The van der Waals surface area contributed by atoms with Gasteiger partial charge in [0.25, 0.3) is 5.91 Å². The molecule has 0 fully saturated rings. The van der Waals surface area contributed by atoms with Gasteiger partial charge in [0.15, 0.2) is 0 Å². The van der Waals surface area contributed by atoms with E-state index in [0.29, 0.717) is 35.8 Å². The van der Waals surface area contributed by atoms with Crippen LogP contribution in [0.3, 0.4) is 0 Å². The number of methoxy groups -OCH3 is 1. The Morgan fingerprint density at radius 2 is 1.71 bits per heavy atom. The second-order valence-electron chi connectivity index (χ2n) is 8.92. The minimum Gasteiger partial charge on any atom is -0.491 e. The highest BCUT2D eigenvalue weighted by molar-refractivity contribution is 6.01. The lowest BCUT2D eigenvalue weighted by Crippen LogP contribution is -2.48. The lowest BCUT2D eigenvalue weighted by molar-refractivity contribution is -0.133. The number of carbonyl (C=O) groups is 3. The predicted molar refractivity (Wildman–Crippen MR) is 135 cm³/mol. The van der Waals surface area contributed by atoms with E-state index in [0.717, 1.165) is 0 Å². The zero-order chi connectivity index (χ0) is 25.5. The van der Waals surface area contributed by atoms with Gasteiger partial charge in [-0.05, 0) is 31.2 Å². The summed E-state index contributed by atoms with van der Waals surface area (Å²) < 4.78 is 11.7. The van der Waals surface area contributed by atoms with Crippen molar-refractivity contribution >= 4 is 29.2 Å². The molecule has 0 saturated carbocycles. The third kappa shape index (κ3) is 6.73. The van der Waals surface area contributed by atoms with Crippen molar-refractivity contribution in [1.82, 2.24) is 9.80 Å². The third-order valence-electron chi connectivity index (χ3n) is 6.14. The van der Waals surface area contributed by atoms with Gasteiger partial charge in [0, 0.05) is 57.5 Å². The molecule has 1 aliphatic rings. The molecule has 2 N–H and O–H groups in total. The number of anilines is 2. The topological polar surface area (TPSA) is 100 Å². The van der Waals surface area contributed by atoms with Gasteiger partial charge in [0.1, 0.15) is 12.4 Å². The van der Waals surface area contributed by atoms with Crippen LogP contribution in [0, 0.1) is 5.92 Å². The number of hydrogen-bond donors (Lipinski definition) is 2. The van der Waals surface area contributed by atoms with Crippen molar-refractivity contribution in [2.75, 3.05) is 44.5 Å². The molecule has 0 bridgehead atoms. The van der Waals surface area contributed by atoms with Crippen LogP contribution in [-0.2, 0) is 9.53 Å². The van der Waals surface area contributed by atoms with Crippen molar-refractivity contribution < 1.29 is 23.9 Å². The van der Waals surface area contributed by atoms with Crippen LogP contribution in [0.25, 0.3) is 0 Å². The van der Waals surface area contributed by atoms with Crippen LogP contribution in [0.4, 0.5) is 16.2 Å². The van der Waals surface area contributed by atoms with Crippen molar-refractivity contribution in [3.05, 3.63) is 54.1 Å². The lowest BCUT2D eigenvalue weighted by Gasteiger charge is -2.35. The van der Waals surface area contributed by atoms with Gasteiger partial charge in [-0.2, -0.15) is 0 Å². The number of nitrogens with one attached hydrogen (secondary N) is 2. The smallest absolute Gasteiger partial charge is 0.323 e. The van der Waals surface area contributed by atoms with E-state index >= 15 is 0 Å². The van der Waals surface area contributed by atoms with Crippen LogP contribution in [0.5, 0.6) is 5.75 Å². The van der Waals surface area contributed by atoms with E-state index in [9.17, 15) is 14.4 Å². The van der Waals surface area contributed by atoms with Gasteiger partial charge in [0.05, 0.1) is 17.7 Å². The van der Waals surface area contributed by atoms with Gasteiger partial charge in [-0.3, -0.25) is 9.59 Å². The van der Waals surface area contributed by atoms with E-state index in [2.05, 4.69) is 10.6 Å². The Morgan fingerprint density at radius 1 is 1.03 bits per heavy atom. The fourth-order valence-corrected chi connectivity index (χ4v) is 4.10. The van der Waals surface area contributed by atoms with Crippen molar-refractivity contribution in [2.45, 2.75) is 32.9 Å². The number of urea groups is 1. The molecule has 2 aromatic rings. The van der Waals surface area contributed by atoms with Gasteiger partial charge in [0.2, 0.25) is 5.91 Å². The SMILES string of the molecule is CO[C@H]1CN(C)C(=O)c2ccc(NC(=O)Nc3ccccc3)cc2OC[C@H](C)N(C(C)=O)C[C@@H]1C. The maximum Gasteiger partial charge on any atom is 0.323 e. The number of para-hydroxylation sites is 1. The Hall–Kier alpha value is -3.59. The van der Waals surface area contributed by atoms with Crippen LogP contribution in [-0.4, -0.2) is 73.6 Å². The van der Waals surface area contributed by atoms with E-state index in [4.69, 9.17) is 9.47 Å². The summed E-state index contributed by atoms with van der Waals surface area (Å²) in [4.78, 5) is 41.4. The summed E-state index contributed by atoms with van der Waals surface area (Å²) in [6, 6.07) is 13.4. The lowest BCUT2D eigenvalue weighted by atomic mass is 10.0. The minimum atomic E-state index is -0.416. The second-order valence-corrected chi connectivity index (χ2v) is 8.92. The molecule has 0 aliphatic carbocycles. The summed E-state index contributed by atoms with van der Waals surface area (Å²) in [5, 5.41) is 5.53. The largest absolute Gasteiger partial charge is 0.491 e. The van der Waals surface area contributed by atoms with Crippen molar-refractivity contribution in [3.8, 4) is 5.75 Å². The molecule has 9 heteroatoms. The molecule has 2 aromatic carbocycles. The summed E-state index contributed by atoms with van der Waals surface area (Å²) in [5.74, 6) is 0.0659. The van der Waals surface area contributed by atoms with Crippen LogP contribution in [0.2, 0.25) is 0 Å². The van der Waals surface area contributed by atoms with Crippen LogP contribution in [0.15, 0.2) is 48.5 Å². The first-order valence-corrected chi connectivity index (χ1v) is 11.6. The van der Waals surface area contributed by atoms with Gasteiger partial charge in [-0.1, -0.05) is 25.1 Å². The van der Waals surface area contributed by atoms with Crippen molar-refractivity contribution in [2.24, 2.45) is 5.92 Å². The number of nitrogens with zero attached hydrogens (tertiary/aromatic N) is 2. The maximum atomic E-state index is 13.3. The molecule has 1 heterocycles. The molecule has 0 saturated heterocycles. The molecule has 0 radical (unpaired) electrons. The molecule has 9 nitrogen and oxygen atoms in total. The summed E-state index contributed by atoms with van der Waals surface area (Å²) >= 11 is 0. The fraction of sp³-hybridized carbons (Fsp3) is 0.423. The van der Waals surface area contributed by atoms with Crippen LogP contribution in [0.1, 0.15) is 31.1 Å². The van der Waals surface area contributed by atoms with Crippen LogP contribution < -0.4 is 15.4 Å². The average molecular weight is 483 g/mol. The number of likely N-dealkylation sites (N-methyl/N-ethyl adjacent to an activating group) is 1. The molecule has 1 aliphatic heterocycles. The molecule has 35 heavy (non-hydrogen) atoms. The van der Waals surface area contributed by atoms with Gasteiger partial charge in [-0.25, -0.2) is 4.79 Å². The molecule has 188 valence electrons. The summed E-state index contributed by atoms with van der Waals surface area (Å²) in [6.45, 7) is 6.48. The first-order valence-electron chi connectivity index (χ1n) is 11.6. The van der Waals surface area contributed by atoms with E-state index in [-0.39, 0.29) is 36.5 Å². The van der Waals surface area contributed by atoms with Gasteiger partial charge in [-0.15, -0.1) is 0 Å². The maximum absolute atomic E-state index is 13.3. The highest BCUT2D eigenvalue weighted by Gasteiger charge is 2.29. The Balaban J connectivity index is 1.88.